The van der Waals surface area contributed by atoms with E-state index in [9.17, 15) is 0 Å². The van der Waals surface area contributed by atoms with Crippen LogP contribution in [0.5, 0.6) is 0 Å². The molecule has 0 amide bonds. The smallest absolute Gasteiger partial charge is 0.210 e. The Morgan fingerprint density at radius 3 is 1.71 bits per heavy atom. The molecule has 94 valence electrons. The van der Waals surface area contributed by atoms with Crippen molar-refractivity contribution >= 4 is 0 Å². The summed E-state index contributed by atoms with van der Waals surface area (Å²) in [4.78, 5) is 0. The van der Waals surface area contributed by atoms with Crippen LogP contribution >= 0.6 is 0 Å². The molecule has 0 fully saturated rings. The third-order valence-electron chi connectivity index (χ3n) is 3.28. The maximum atomic E-state index is 2.20. The molecule has 1 heteroatoms. The molecule has 0 aromatic heterocycles. The quantitative estimate of drug-likeness (QED) is 0.482. The van der Waals surface area contributed by atoms with Crippen LogP contribution < -0.4 is 0 Å². The van der Waals surface area contributed by atoms with Crippen LogP contribution in [0.4, 0.5) is 0 Å². The molecule has 0 radical (unpaired) electrons. The van der Waals surface area contributed by atoms with Gasteiger partial charge in [-0.3, -0.25) is 0 Å². The molecule has 0 spiro atoms. The van der Waals surface area contributed by atoms with Crippen molar-refractivity contribution in [2.75, 3.05) is 0 Å². The molecule has 0 aliphatic rings. The summed E-state index contributed by atoms with van der Waals surface area (Å²) in [7, 11) is 0. The fourth-order valence-electron chi connectivity index (χ4n) is 1.76. The van der Waals surface area contributed by atoms with Crippen LogP contribution in [0.1, 0.15) is 33.4 Å². The van der Waals surface area contributed by atoms with Gasteiger partial charge in [-0.05, 0) is 0 Å². The molecule has 0 bridgehead atoms. The average Bonchev–Trinajstić information content (AvgIpc) is 2.65. The van der Waals surface area contributed by atoms with Crippen molar-refractivity contribution in [1.29, 1.82) is 0 Å². The molecule has 0 nitrogen and oxygen atoms in total. The van der Waals surface area contributed by atoms with E-state index in [1.807, 2.05) is 0 Å². The number of hydrogen-bond donors (Lipinski definition) is 0. The molecule has 2 aromatic carbocycles. The van der Waals surface area contributed by atoms with Crippen molar-refractivity contribution in [3.8, 4) is 0 Å². The van der Waals surface area contributed by atoms with Gasteiger partial charge in [0.1, 0.15) is 0 Å². The van der Waals surface area contributed by atoms with Gasteiger partial charge in [-0.2, -0.15) is 45.5 Å². The Kier molecular flexibility index (Phi) is 6.52. The van der Waals surface area contributed by atoms with Crippen molar-refractivity contribution in [1.82, 2.24) is 0 Å². The average molecular weight is 270 g/mol. The summed E-state index contributed by atoms with van der Waals surface area (Å²) in [5.74, 6) is 0. The molecule has 0 atom stereocenters. The standard InChI is InChI=1S/2C8H11.Fe/c1-6-4-7(2)8(3)5-6;1-6-4-5-7(2)8(6)3;/h2*4-5H,1-3H3;/q2*-1;+2. The zero-order valence-electron chi connectivity index (χ0n) is 11.7. The predicted molar refractivity (Wildman–Crippen MR) is 72.5 cm³/mol. The minimum absolute atomic E-state index is 0. The van der Waals surface area contributed by atoms with Gasteiger partial charge in [-0.1, -0.05) is 41.5 Å². The molecular weight excluding hydrogens is 248 g/mol. The minimum Gasteiger partial charge on any atom is -0.210 e. The number of hydrogen-bond acceptors (Lipinski definition) is 0. The zero-order chi connectivity index (χ0) is 12.3. The van der Waals surface area contributed by atoms with Crippen LogP contribution in [0, 0.1) is 41.5 Å². The van der Waals surface area contributed by atoms with Gasteiger partial charge in [0.2, 0.25) is 0 Å². The van der Waals surface area contributed by atoms with Crippen molar-refractivity contribution < 1.29 is 17.1 Å². The molecule has 0 aliphatic carbocycles. The largest absolute Gasteiger partial charge is 2.00 e. The molecule has 0 saturated carbocycles. The minimum atomic E-state index is 0. The van der Waals surface area contributed by atoms with Crippen molar-refractivity contribution in [3.05, 3.63) is 57.6 Å². The Hall–Kier alpha value is -0.781. The third-order valence-corrected chi connectivity index (χ3v) is 3.28. The Labute approximate surface area is 116 Å². The molecule has 0 heterocycles. The van der Waals surface area contributed by atoms with E-state index in [-0.39, 0.29) is 17.1 Å². The Morgan fingerprint density at radius 2 is 1.59 bits per heavy atom. The Morgan fingerprint density at radius 1 is 1.00 bits per heavy atom. The molecule has 0 N–H and O–H groups in total. The Balaban J connectivity index is 0.000000284. The third kappa shape index (κ3) is 4.53. The summed E-state index contributed by atoms with van der Waals surface area (Å²) in [6.45, 7) is 12.8. The number of aryl methyl sites for hydroxylation is 5. The van der Waals surface area contributed by atoms with Crippen molar-refractivity contribution in [2.45, 2.75) is 41.5 Å². The first-order valence-corrected chi connectivity index (χ1v) is 5.82. The fourth-order valence-corrected chi connectivity index (χ4v) is 1.76. The topological polar surface area (TPSA) is 0 Å². The molecule has 2 aromatic rings. The van der Waals surface area contributed by atoms with Crippen LogP contribution in [0.3, 0.4) is 0 Å². The zero-order valence-corrected chi connectivity index (χ0v) is 12.8. The molecule has 0 unspecified atom stereocenters. The van der Waals surface area contributed by atoms with Gasteiger partial charge in [0.05, 0.1) is 0 Å². The second-order valence-corrected chi connectivity index (χ2v) is 4.72. The van der Waals surface area contributed by atoms with Gasteiger partial charge < -0.3 is 0 Å². The van der Waals surface area contributed by atoms with E-state index in [0.717, 1.165) is 0 Å². The maximum Gasteiger partial charge on any atom is 2.00 e. The summed E-state index contributed by atoms with van der Waals surface area (Å²) < 4.78 is 0. The van der Waals surface area contributed by atoms with Gasteiger partial charge in [-0.15, -0.1) is 0 Å². The first-order valence-electron chi connectivity index (χ1n) is 5.82. The van der Waals surface area contributed by atoms with Gasteiger partial charge in [0.15, 0.2) is 0 Å². The molecule has 2 rings (SSSR count). The fraction of sp³-hybridized carbons (Fsp3) is 0.375. The van der Waals surface area contributed by atoms with E-state index in [1.54, 1.807) is 0 Å². The summed E-state index contributed by atoms with van der Waals surface area (Å²) in [5, 5.41) is 0. The molecular formula is C16H22Fe. The van der Waals surface area contributed by atoms with E-state index >= 15 is 0 Å². The van der Waals surface area contributed by atoms with Crippen LogP contribution in [-0.4, -0.2) is 0 Å². The SMILES string of the molecule is Cc1cc(C)c(C)[cH-]1.Cc1cc[c-](C)c1C.[Fe+2]. The first-order chi connectivity index (χ1) is 7.41. The van der Waals surface area contributed by atoms with Crippen LogP contribution in [0.15, 0.2) is 24.3 Å². The summed E-state index contributed by atoms with van der Waals surface area (Å²) in [6.07, 6.45) is 0. The van der Waals surface area contributed by atoms with E-state index < -0.39 is 0 Å². The summed E-state index contributed by atoms with van der Waals surface area (Å²) in [6, 6.07) is 8.72. The second-order valence-electron chi connectivity index (χ2n) is 4.72. The normalized spacial score (nSPS) is 9.29. The van der Waals surface area contributed by atoms with Crippen LogP contribution in [0.25, 0.3) is 0 Å². The summed E-state index contributed by atoms with van der Waals surface area (Å²) >= 11 is 0. The monoisotopic (exact) mass is 270 g/mol. The van der Waals surface area contributed by atoms with E-state index in [1.165, 1.54) is 33.4 Å². The predicted octanol–water partition coefficient (Wildman–Crippen LogP) is 4.66. The van der Waals surface area contributed by atoms with Gasteiger partial charge in [0, 0.05) is 0 Å². The second kappa shape index (κ2) is 6.83. The molecule has 0 saturated heterocycles. The maximum absolute atomic E-state index is 2.20. The van der Waals surface area contributed by atoms with E-state index in [4.69, 9.17) is 0 Å². The van der Waals surface area contributed by atoms with Crippen LogP contribution in [0.2, 0.25) is 0 Å². The van der Waals surface area contributed by atoms with Crippen molar-refractivity contribution in [2.24, 2.45) is 0 Å². The molecule has 17 heavy (non-hydrogen) atoms. The van der Waals surface area contributed by atoms with Gasteiger partial charge >= 0.3 is 17.1 Å². The van der Waals surface area contributed by atoms with Gasteiger partial charge in [0.25, 0.3) is 0 Å². The number of rotatable bonds is 0. The Bertz CT molecular complexity index is 419. The van der Waals surface area contributed by atoms with Gasteiger partial charge in [-0.25, -0.2) is 12.1 Å². The van der Waals surface area contributed by atoms with Crippen molar-refractivity contribution in [3.63, 3.8) is 0 Å². The van der Waals surface area contributed by atoms with E-state index in [2.05, 4.69) is 65.8 Å². The molecule has 0 aliphatic heterocycles. The first kappa shape index (κ1) is 16.2. The van der Waals surface area contributed by atoms with E-state index in [0.29, 0.717) is 0 Å². The van der Waals surface area contributed by atoms with Crippen LogP contribution in [-0.2, 0) is 17.1 Å². The summed E-state index contributed by atoms with van der Waals surface area (Å²) in [5.41, 5.74) is 8.43.